The highest BCUT2D eigenvalue weighted by Crippen LogP contribution is 2.41. The standard InChI is InChI=1S/C13H18BrNO3.ClH/c1-7-5-6-8(14)9(10(7)16)11(15)13(2,3)12(17)18-4;/h5-6,11,16H,15H2,1-4H3;1H/t11-;/m1./s1. The molecule has 108 valence electrons. The van der Waals surface area contributed by atoms with Crippen LogP contribution in [0.3, 0.4) is 0 Å². The first-order valence-electron chi connectivity index (χ1n) is 5.55. The van der Waals surface area contributed by atoms with Crippen molar-refractivity contribution in [3.63, 3.8) is 0 Å². The summed E-state index contributed by atoms with van der Waals surface area (Å²) in [7, 11) is 1.32. The molecule has 0 unspecified atom stereocenters. The number of nitrogens with two attached hydrogens (primary N) is 1. The summed E-state index contributed by atoms with van der Waals surface area (Å²) >= 11 is 3.35. The molecule has 0 spiro atoms. The number of benzene rings is 1. The van der Waals surface area contributed by atoms with E-state index >= 15 is 0 Å². The van der Waals surface area contributed by atoms with Gasteiger partial charge >= 0.3 is 5.97 Å². The third-order valence-corrected chi connectivity index (χ3v) is 3.86. The highest BCUT2D eigenvalue weighted by atomic mass is 79.9. The van der Waals surface area contributed by atoms with Gasteiger partial charge in [-0.05, 0) is 32.4 Å². The predicted molar refractivity (Wildman–Crippen MR) is 80.5 cm³/mol. The van der Waals surface area contributed by atoms with Crippen molar-refractivity contribution >= 4 is 34.3 Å². The molecule has 1 rings (SSSR count). The van der Waals surface area contributed by atoms with E-state index < -0.39 is 17.4 Å². The van der Waals surface area contributed by atoms with Gasteiger partial charge in [0.25, 0.3) is 0 Å². The van der Waals surface area contributed by atoms with E-state index in [0.717, 1.165) is 0 Å². The van der Waals surface area contributed by atoms with E-state index in [-0.39, 0.29) is 18.2 Å². The van der Waals surface area contributed by atoms with Crippen molar-refractivity contribution in [3.8, 4) is 5.75 Å². The quantitative estimate of drug-likeness (QED) is 0.820. The molecule has 3 N–H and O–H groups in total. The van der Waals surface area contributed by atoms with Gasteiger partial charge < -0.3 is 15.6 Å². The Hall–Kier alpha value is -0.780. The lowest BCUT2D eigenvalue weighted by molar-refractivity contribution is -0.152. The van der Waals surface area contributed by atoms with Crippen molar-refractivity contribution in [2.24, 2.45) is 11.1 Å². The summed E-state index contributed by atoms with van der Waals surface area (Å²) in [6.07, 6.45) is 0. The first-order valence-corrected chi connectivity index (χ1v) is 6.34. The Balaban J connectivity index is 0.00000324. The second-order valence-electron chi connectivity index (χ2n) is 4.82. The third-order valence-electron chi connectivity index (χ3n) is 3.17. The SMILES string of the molecule is COC(=O)C(C)(C)[C@H](N)c1c(Br)ccc(C)c1O.Cl. The number of phenols is 1. The first-order chi connectivity index (χ1) is 8.23. The molecule has 0 fully saturated rings. The van der Waals surface area contributed by atoms with Crippen molar-refractivity contribution in [2.45, 2.75) is 26.8 Å². The molecule has 19 heavy (non-hydrogen) atoms. The fourth-order valence-corrected chi connectivity index (χ4v) is 2.31. The smallest absolute Gasteiger partial charge is 0.313 e. The number of halogens is 2. The average Bonchev–Trinajstić information content (AvgIpc) is 2.33. The summed E-state index contributed by atoms with van der Waals surface area (Å²) in [5.41, 5.74) is 6.43. The number of hydrogen-bond donors (Lipinski definition) is 2. The molecule has 0 aliphatic heterocycles. The Kier molecular flexibility index (Phi) is 6.32. The zero-order chi connectivity index (χ0) is 14.1. The van der Waals surface area contributed by atoms with Crippen molar-refractivity contribution in [3.05, 3.63) is 27.7 Å². The lowest BCUT2D eigenvalue weighted by Gasteiger charge is -2.30. The number of rotatable bonds is 3. The number of carbonyl (C=O) groups is 1. The van der Waals surface area contributed by atoms with Gasteiger partial charge in [0, 0.05) is 10.0 Å². The molecule has 0 saturated carbocycles. The van der Waals surface area contributed by atoms with Crippen LogP contribution in [0.15, 0.2) is 16.6 Å². The Morgan fingerprint density at radius 2 is 2.00 bits per heavy atom. The molecular formula is C13H19BrClNO3. The van der Waals surface area contributed by atoms with E-state index in [2.05, 4.69) is 15.9 Å². The van der Waals surface area contributed by atoms with Crippen molar-refractivity contribution in [1.82, 2.24) is 0 Å². The summed E-state index contributed by atoms with van der Waals surface area (Å²) in [5, 5.41) is 10.1. The van der Waals surface area contributed by atoms with Gasteiger partial charge in [0.05, 0.1) is 18.6 Å². The van der Waals surface area contributed by atoms with Gasteiger partial charge in [0.15, 0.2) is 0 Å². The van der Waals surface area contributed by atoms with Gasteiger partial charge in [-0.1, -0.05) is 22.0 Å². The minimum absolute atomic E-state index is 0. The molecule has 4 nitrogen and oxygen atoms in total. The van der Waals surface area contributed by atoms with E-state index in [0.29, 0.717) is 15.6 Å². The van der Waals surface area contributed by atoms with Gasteiger partial charge in [-0.15, -0.1) is 12.4 Å². The Morgan fingerprint density at radius 3 is 2.47 bits per heavy atom. The predicted octanol–water partition coefficient (Wildman–Crippen LogP) is 3.08. The first kappa shape index (κ1) is 18.2. The van der Waals surface area contributed by atoms with E-state index in [1.54, 1.807) is 32.9 Å². The fourth-order valence-electron chi connectivity index (χ4n) is 1.74. The summed E-state index contributed by atoms with van der Waals surface area (Å²) < 4.78 is 5.43. The molecule has 0 aliphatic carbocycles. The molecule has 0 aromatic heterocycles. The second kappa shape index (κ2) is 6.59. The van der Waals surface area contributed by atoms with Gasteiger partial charge in [-0.25, -0.2) is 0 Å². The van der Waals surface area contributed by atoms with Crippen molar-refractivity contribution in [1.29, 1.82) is 0 Å². The monoisotopic (exact) mass is 351 g/mol. The number of methoxy groups -OCH3 is 1. The maximum absolute atomic E-state index is 11.8. The number of aromatic hydroxyl groups is 1. The second-order valence-corrected chi connectivity index (χ2v) is 5.67. The van der Waals surface area contributed by atoms with Gasteiger partial charge in [-0.2, -0.15) is 0 Å². The zero-order valence-electron chi connectivity index (χ0n) is 11.4. The molecule has 1 aromatic carbocycles. The molecule has 6 heteroatoms. The number of carbonyl (C=O) groups excluding carboxylic acids is 1. The Bertz CT molecular complexity index is 477. The van der Waals surface area contributed by atoms with E-state index in [9.17, 15) is 9.90 Å². The number of aryl methyl sites for hydroxylation is 1. The molecule has 0 bridgehead atoms. The minimum atomic E-state index is -0.928. The number of ether oxygens (including phenoxy) is 1. The molecule has 0 saturated heterocycles. The highest BCUT2D eigenvalue weighted by molar-refractivity contribution is 9.10. The molecule has 0 amide bonds. The largest absolute Gasteiger partial charge is 0.507 e. The number of phenolic OH excluding ortho intramolecular Hbond substituents is 1. The zero-order valence-corrected chi connectivity index (χ0v) is 13.8. The molecule has 1 atom stereocenters. The average molecular weight is 353 g/mol. The number of hydrogen-bond acceptors (Lipinski definition) is 4. The van der Waals surface area contributed by atoms with Crippen LogP contribution in [-0.2, 0) is 9.53 Å². The molecule has 1 aromatic rings. The Labute approximate surface area is 127 Å². The third kappa shape index (κ3) is 3.41. The van der Waals surface area contributed by atoms with Crippen LogP contribution in [0.1, 0.15) is 31.0 Å². The molecule has 0 aliphatic rings. The summed E-state index contributed by atoms with van der Waals surface area (Å²) in [6, 6.07) is 2.91. The maximum Gasteiger partial charge on any atom is 0.313 e. The molecule has 0 radical (unpaired) electrons. The van der Waals surface area contributed by atoms with Gasteiger partial charge in [0.1, 0.15) is 5.75 Å². The summed E-state index contributed by atoms with van der Waals surface area (Å²) in [5.74, 6) is -0.309. The molecule has 0 heterocycles. The van der Waals surface area contributed by atoms with Crippen molar-refractivity contribution < 1.29 is 14.6 Å². The van der Waals surface area contributed by atoms with Crippen LogP contribution in [0.5, 0.6) is 5.75 Å². The van der Waals surface area contributed by atoms with E-state index in [4.69, 9.17) is 10.5 Å². The van der Waals surface area contributed by atoms with Gasteiger partial charge in [0.2, 0.25) is 0 Å². The van der Waals surface area contributed by atoms with Crippen LogP contribution in [0.2, 0.25) is 0 Å². The van der Waals surface area contributed by atoms with Crippen LogP contribution in [0.4, 0.5) is 0 Å². The van der Waals surface area contributed by atoms with Crippen LogP contribution >= 0.6 is 28.3 Å². The van der Waals surface area contributed by atoms with Crippen LogP contribution in [-0.4, -0.2) is 18.2 Å². The van der Waals surface area contributed by atoms with Crippen molar-refractivity contribution in [2.75, 3.05) is 7.11 Å². The van der Waals surface area contributed by atoms with Crippen LogP contribution in [0, 0.1) is 12.3 Å². The normalized spacial score (nSPS) is 12.5. The topological polar surface area (TPSA) is 72.5 Å². The number of esters is 1. The lowest BCUT2D eigenvalue weighted by Crippen LogP contribution is -2.37. The maximum atomic E-state index is 11.8. The summed E-state index contributed by atoms with van der Waals surface area (Å²) in [4.78, 5) is 11.8. The molecular weight excluding hydrogens is 334 g/mol. The van der Waals surface area contributed by atoms with Crippen LogP contribution < -0.4 is 5.73 Å². The van der Waals surface area contributed by atoms with Gasteiger partial charge in [-0.3, -0.25) is 4.79 Å². The minimum Gasteiger partial charge on any atom is -0.507 e. The van der Waals surface area contributed by atoms with Crippen LogP contribution in [0.25, 0.3) is 0 Å². The fraction of sp³-hybridized carbons (Fsp3) is 0.462. The summed E-state index contributed by atoms with van der Waals surface area (Å²) in [6.45, 7) is 5.17. The Morgan fingerprint density at radius 1 is 1.47 bits per heavy atom. The highest BCUT2D eigenvalue weighted by Gasteiger charge is 2.38. The lowest BCUT2D eigenvalue weighted by atomic mass is 9.80. The van der Waals surface area contributed by atoms with E-state index in [1.165, 1.54) is 7.11 Å². The van der Waals surface area contributed by atoms with E-state index in [1.807, 2.05) is 0 Å².